The summed E-state index contributed by atoms with van der Waals surface area (Å²) < 4.78 is 5.79. The van der Waals surface area contributed by atoms with E-state index in [2.05, 4.69) is 37.4 Å². The fraction of sp³-hybridized carbons (Fsp3) is 0.154. The summed E-state index contributed by atoms with van der Waals surface area (Å²) in [7, 11) is 0. The lowest BCUT2D eigenvalue weighted by Gasteiger charge is -2.11. The summed E-state index contributed by atoms with van der Waals surface area (Å²) in [6.45, 7) is 0.525. The molecule has 0 aliphatic rings. The summed E-state index contributed by atoms with van der Waals surface area (Å²) >= 11 is 7.94. The number of carbonyl (C=O) groups excluding carboxylic acids is 1. The predicted molar refractivity (Wildman–Crippen MR) is 141 cm³/mol. The summed E-state index contributed by atoms with van der Waals surface area (Å²) in [5, 5.41) is 7.43. The van der Waals surface area contributed by atoms with Crippen molar-refractivity contribution >= 4 is 51.7 Å². The summed E-state index contributed by atoms with van der Waals surface area (Å²) in [5.41, 5.74) is 2.38. The second-order valence-corrected chi connectivity index (χ2v) is 8.62. The first-order chi connectivity index (χ1) is 17.1. The minimum atomic E-state index is 0.0228. The quantitative estimate of drug-likeness (QED) is 0.244. The van der Waals surface area contributed by atoms with Crippen LogP contribution in [0.3, 0.4) is 0 Å². The number of anilines is 2. The summed E-state index contributed by atoms with van der Waals surface area (Å²) in [5.74, 6) is 8.49. The maximum absolute atomic E-state index is 11.5. The van der Waals surface area contributed by atoms with Gasteiger partial charge in [0.25, 0.3) is 0 Å². The number of carbonyl (C=O) groups is 1. The highest BCUT2D eigenvalue weighted by Gasteiger charge is 2.08. The van der Waals surface area contributed by atoms with Gasteiger partial charge < -0.3 is 15.4 Å². The lowest BCUT2D eigenvalue weighted by molar-refractivity contribution is -0.118. The molecule has 4 aromatic rings. The number of pyridine rings is 1. The van der Waals surface area contributed by atoms with Crippen molar-refractivity contribution in [3.63, 3.8) is 0 Å². The van der Waals surface area contributed by atoms with E-state index in [-0.39, 0.29) is 5.91 Å². The highest BCUT2D eigenvalue weighted by Crippen LogP contribution is 2.33. The van der Waals surface area contributed by atoms with Crippen LogP contribution in [0.1, 0.15) is 12.0 Å². The van der Waals surface area contributed by atoms with E-state index in [0.29, 0.717) is 41.1 Å². The number of hydrogen-bond acceptors (Lipinski definition) is 7. The first-order valence-electron chi connectivity index (χ1n) is 10.8. The first kappa shape index (κ1) is 24.3. The molecule has 35 heavy (non-hydrogen) atoms. The van der Waals surface area contributed by atoms with Gasteiger partial charge in [-0.1, -0.05) is 23.4 Å². The minimum absolute atomic E-state index is 0.0228. The summed E-state index contributed by atoms with van der Waals surface area (Å²) in [6.07, 6.45) is 7.28. The third-order valence-electron chi connectivity index (χ3n) is 4.77. The smallest absolute Gasteiger partial charge is 0.230 e. The van der Waals surface area contributed by atoms with Crippen LogP contribution in [0.15, 0.2) is 67.3 Å². The number of benzene rings is 2. The van der Waals surface area contributed by atoms with Crippen molar-refractivity contribution in [3.8, 4) is 23.3 Å². The van der Waals surface area contributed by atoms with E-state index >= 15 is 0 Å². The van der Waals surface area contributed by atoms with Gasteiger partial charge in [-0.25, -0.2) is 9.97 Å². The Morgan fingerprint density at radius 2 is 2.09 bits per heavy atom. The number of thioether (sulfide) groups is 1. The SMILES string of the molecule is CSCC(=O)NCCC#Cc1ccc2ncnc(Nc3ccc(Oc4cccnc4)c(Cl)c3)c2c1. The van der Waals surface area contributed by atoms with Crippen molar-refractivity contribution in [3.05, 3.63) is 77.8 Å². The zero-order valence-corrected chi connectivity index (χ0v) is 20.5. The molecule has 7 nitrogen and oxygen atoms in total. The van der Waals surface area contributed by atoms with Gasteiger partial charge in [-0.3, -0.25) is 9.78 Å². The van der Waals surface area contributed by atoms with Gasteiger partial charge in [0.1, 0.15) is 23.6 Å². The minimum Gasteiger partial charge on any atom is -0.454 e. The second kappa shape index (κ2) is 12.1. The molecular weight excluding hydrogens is 482 g/mol. The van der Waals surface area contributed by atoms with Crippen LogP contribution < -0.4 is 15.4 Å². The van der Waals surface area contributed by atoms with Crippen LogP contribution in [0.25, 0.3) is 10.9 Å². The Morgan fingerprint density at radius 1 is 1.17 bits per heavy atom. The van der Waals surface area contributed by atoms with Gasteiger partial charge in [-0.15, -0.1) is 0 Å². The van der Waals surface area contributed by atoms with E-state index < -0.39 is 0 Å². The maximum atomic E-state index is 11.5. The highest BCUT2D eigenvalue weighted by atomic mass is 35.5. The van der Waals surface area contributed by atoms with Gasteiger partial charge in [-0.05, 0) is 54.8 Å². The lowest BCUT2D eigenvalue weighted by Crippen LogP contribution is -2.25. The molecule has 0 radical (unpaired) electrons. The van der Waals surface area contributed by atoms with Crippen LogP contribution >= 0.6 is 23.4 Å². The molecule has 0 saturated carbocycles. The topological polar surface area (TPSA) is 89.0 Å². The van der Waals surface area contributed by atoms with Crippen molar-refractivity contribution in [1.82, 2.24) is 20.3 Å². The van der Waals surface area contributed by atoms with E-state index in [4.69, 9.17) is 16.3 Å². The largest absolute Gasteiger partial charge is 0.454 e. The monoisotopic (exact) mass is 503 g/mol. The molecule has 2 N–H and O–H groups in total. The van der Waals surface area contributed by atoms with Crippen molar-refractivity contribution in [2.24, 2.45) is 0 Å². The standard InChI is InChI=1S/C26H22ClN5O2S/c1-35-16-25(33)29-12-3-2-5-18-7-9-23-21(13-18)26(31-17-30-23)32-19-8-10-24(22(27)14-19)34-20-6-4-11-28-15-20/h4,6-11,13-15,17H,3,12,16H2,1H3,(H,29,33)(H,30,31,32). The number of nitrogens with zero attached hydrogens (tertiary/aromatic N) is 3. The van der Waals surface area contributed by atoms with Gasteiger partial charge in [0.05, 0.1) is 22.5 Å². The van der Waals surface area contributed by atoms with Crippen molar-refractivity contribution in [2.45, 2.75) is 6.42 Å². The molecule has 0 atom stereocenters. The van der Waals surface area contributed by atoms with Gasteiger partial charge in [0.15, 0.2) is 0 Å². The Balaban J connectivity index is 1.47. The molecule has 0 fully saturated rings. The molecule has 176 valence electrons. The Morgan fingerprint density at radius 3 is 2.89 bits per heavy atom. The third-order valence-corrected chi connectivity index (χ3v) is 5.62. The zero-order chi connectivity index (χ0) is 24.5. The van der Waals surface area contributed by atoms with Crippen LogP contribution in [0, 0.1) is 11.8 Å². The van der Waals surface area contributed by atoms with Crippen LogP contribution in [0.4, 0.5) is 11.5 Å². The molecule has 0 saturated heterocycles. The number of halogens is 1. The Labute approximate surface area is 212 Å². The number of hydrogen-bond donors (Lipinski definition) is 2. The molecule has 2 aromatic carbocycles. The van der Waals surface area contributed by atoms with Gasteiger partial charge >= 0.3 is 0 Å². The fourth-order valence-corrected chi connectivity index (χ4v) is 3.76. The number of amides is 1. The van der Waals surface area contributed by atoms with Crippen LogP contribution in [-0.2, 0) is 4.79 Å². The number of nitrogens with one attached hydrogen (secondary N) is 2. The summed E-state index contributed by atoms with van der Waals surface area (Å²) in [4.78, 5) is 24.3. The van der Waals surface area contributed by atoms with Crippen LogP contribution in [0.2, 0.25) is 5.02 Å². The van der Waals surface area contributed by atoms with Crippen molar-refractivity contribution in [1.29, 1.82) is 0 Å². The molecular formula is C26H22ClN5O2S. The normalized spacial score (nSPS) is 10.3. The Bertz CT molecular complexity index is 1390. The molecule has 0 unspecified atom stereocenters. The Hall–Kier alpha value is -3.80. The number of rotatable bonds is 8. The van der Waals surface area contributed by atoms with E-state index in [0.717, 1.165) is 22.2 Å². The molecule has 1 amide bonds. The van der Waals surface area contributed by atoms with E-state index in [1.807, 2.05) is 36.6 Å². The number of ether oxygens (including phenoxy) is 1. The molecule has 0 bridgehead atoms. The average Bonchev–Trinajstić information content (AvgIpc) is 2.86. The molecule has 0 aliphatic carbocycles. The van der Waals surface area contributed by atoms with E-state index in [9.17, 15) is 4.79 Å². The fourth-order valence-electron chi connectivity index (χ4n) is 3.18. The lowest BCUT2D eigenvalue weighted by atomic mass is 10.1. The van der Waals surface area contributed by atoms with Gasteiger partial charge in [0, 0.05) is 35.8 Å². The second-order valence-electron chi connectivity index (χ2n) is 7.35. The van der Waals surface area contributed by atoms with Crippen molar-refractivity contribution in [2.75, 3.05) is 23.9 Å². The molecule has 0 aliphatic heterocycles. The van der Waals surface area contributed by atoms with Gasteiger partial charge in [-0.2, -0.15) is 11.8 Å². The van der Waals surface area contributed by atoms with Gasteiger partial charge in [0.2, 0.25) is 5.91 Å². The number of aromatic nitrogens is 3. The first-order valence-corrected chi connectivity index (χ1v) is 12.5. The number of fused-ring (bicyclic) bond motifs is 1. The van der Waals surface area contributed by atoms with Crippen LogP contribution in [0.5, 0.6) is 11.5 Å². The zero-order valence-electron chi connectivity index (χ0n) is 18.9. The average molecular weight is 504 g/mol. The Kier molecular flexibility index (Phi) is 8.39. The molecule has 2 aromatic heterocycles. The summed E-state index contributed by atoms with van der Waals surface area (Å²) in [6, 6.07) is 14.8. The van der Waals surface area contributed by atoms with Crippen molar-refractivity contribution < 1.29 is 9.53 Å². The highest BCUT2D eigenvalue weighted by molar-refractivity contribution is 7.99. The molecule has 4 rings (SSSR count). The van der Waals surface area contributed by atoms with E-state index in [1.165, 1.54) is 18.1 Å². The molecule has 9 heteroatoms. The van der Waals surface area contributed by atoms with Crippen LogP contribution in [-0.4, -0.2) is 39.4 Å². The molecule has 0 spiro atoms. The third kappa shape index (κ3) is 6.85. The maximum Gasteiger partial charge on any atom is 0.230 e. The molecule has 2 heterocycles. The predicted octanol–water partition coefficient (Wildman–Crippen LogP) is 5.43. The van der Waals surface area contributed by atoms with E-state index in [1.54, 1.807) is 30.6 Å².